The van der Waals surface area contributed by atoms with Gasteiger partial charge in [-0.1, -0.05) is 50.1 Å². The first kappa shape index (κ1) is 24.5. The Balaban J connectivity index is 1.60. The maximum Gasteiger partial charge on any atom is 0.230 e. The predicted molar refractivity (Wildman–Crippen MR) is 121 cm³/mol. The quantitative estimate of drug-likeness (QED) is 0.365. The van der Waals surface area contributed by atoms with E-state index in [1.807, 2.05) is 4.57 Å². The normalized spacial score (nSPS) is 17.4. The molecule has 0 aliphatic carbocycles. The summed E-state index contributed by atoms with van der Waals surface area (Å²) in [4.78, 5) is 12.3. The number of sulfone groups is 1. The molecule has 8 nitrogen and oxygen atoms in total. The number of amides is 1. The summed E-state index contributed by atoms with van der Waals surface area (Å²) in [6.45, 7) is 2.88. The lowest BCUT2D eigenvalue weighted by atomic mass is 10.2. The fourth-order valence-corrected chi connectivity index (χ4v) is 5.93. The van der Waals surface area contributed by atoms with Gasteiger partial charge in [0, 0.05) is 12.6 Å². The van der Waals surface area contributed by atoms with Crippen molar-refractivity contribution in [1.82, 2.24) is 20.1 Å². The zero-order valence-electron chi connectivity index (χ0n) is 18.1. The SMILES string of the molecule is CCCCCCn1c(COc2ccccc2F)nnc1SCC(=O)N[C@@H]1CCS(=O)(=O)C1. The van der Waals surface area contributed by atoms with Crippen LogP contribution in [0.15, 0.2) is 29.4 Å². The molecule has 1 fully saturated rings. The molecule has 1 aromatic heterocycles. The molecule has 0 saturated carbocycles. The van der Waals surface area contributed by atoms with Crippen LogP contribution in [0.2, 0.25) is 0 Å². The van der Waals surface area contributed by atoms with E-state index in [-0.39, 0.29) is 41.6 Å². The van der Waals surface area contributed by atoms with Crippen molar-refractivity contribution >= 4 is 27.5 Å². The fourth-order valence-electron chi connectivity index (χ4n) is 3.47. The molecule has 1 N–H and O–H groups in total. The van der Waals surface area contributed by atoms with Crippen LogP contribution >= 0.6 is 11.8 Å². The standard InChI is InChI=1S/C21H29FN4O4S2/c1-2-3-4-7-11-26-19(13-30-18-9-6-5-8-17(18)22)24-25-21(26)31-14-20(27)23-16-10-12-32(28,29)15-16/h5-6,8-9,16H,2-4,7,10-15H2,1H3,(H,23,27)/t16-/m1/s1. The molecule has 1 atom stereocenters. The van der Waals surface area contributed by atoms with Crippen LogP contribution in [0.5, 0.6) is 5.75 Å². The lowest BCUT2D eigenvalue weighted by Gasteiger charge is -2.12. The predicted octanol–water partition coefficient (Wildman–Crippen LogP) is 2.97. The molecule has 3 rings (SSSR count). The van der Waals surface area contributed by atoms with E-state index < -0.39 is 15.7 Å². The van der Waals surface area contributed by atoms with Crippen molar-refractivity contribution in [2.45, 2.75) is 63.4 Å². The molecule has 11 heteroatoms. The molecular formula is C21H29FN4O4S2. The van der Waals surface area contributed by atoms with Crippen molar-refractivity contribution in [2.75, 3.05) is 17.3 Å². The number of nitrogens with one attached hydrogen (secondary N) is 1. The van der Waals surface area contributed by atoms with Crippen molar-refractivity contribution in [1.29, 1.82) is 0 Å². The van der Waals surface area contributed by atoms with Crippen LogP contribution in [0.25, 0.3) is 0 Å². The van der Waals surface area contributed by atoms with Crippen LogP contribution in [0.1, 0.15) is 44.9 Å². The van der Waals surface area contributed by atoms with Crippen LogP contribution in [-0.2, 0) is 27.8 Å². The Labute approximate surface area is 192 Å². The van der Waals surface area contributed by atoms with Gasteiger partial charge in [0.1, 0.15) is 6.61 Å². The summed E-state index contributed by atoms with van der Waals surface area (Å²) >= 11 is 1.25. The second kappa shape index (κ2) is 11.6. The van der Waals surface area contributed by atoms with Gasteiger partial charge in [-0.25, -0.2) is 12.8 Å². The van der Waals surface area contributed by atoms with Gasteiger partial charge >= 0.3 is 0 Å². The Morgan fingerprint density at radius 3 is 2.81 bits per heavy atom. The van der Waals surface area contributed by atoms with E-state index >= 15 is 0 Å². The van der Waals surface area contributed by atoms with Crippen molar-refractivity contribution < 1.29 is 22.3 Å². The Morgan fingerprint density at radius 2 is 2.09 bits per heavy atom. The molecule has 2 aromatic rings. The number of carbonyl (C=O) groups is 1. The minimum Gasteiger partial charge on any atom is -0.483 e. The number of hydrogen-bond donors (Lipinski definition) is 1. The van der Waals surface area contributed by atoms with Crippen molar-refractivity contribution in [3.05, 3.63) is 35.9 Å². The van der Waals surface area contributed by atoms with Gasteiger partial charge in [-0.3, -0.25) is 4.79 Å². The largest absolute Gasteiger partial charge is 0.483 e. The lowest BCUT2D eigenvalue weighted by molar-refractivity contribution is -0.119. The number of aromatic nitrogens is 3. The van der Waals surface area contributed by atoms with E-state index in [1.54, 1.807) is 18.2 Å². The summed E-state index contributed by atoms with van der Waals surface area (Å²) in [5, 5.41) is 11.8. The second-order valence-electron chi connectivity index (χ2n) is 7.79. The highest BCUT2D eigenvalue weighted by molar-refractivity contribution is 7.99. The summed E-state index contributed by atoms with van der Waals surface area (Å²) < 4.78 is 44.5. The van der Waals surface area contributed by atoms with Crippen LogP contribution in [0.3, 0.4) is 0 Å². The van der Waals surface area contributed by atoms with E-state index in [2.05, 4.69) is 22.4 Å². The number of halogens is 1. The Kier molecular flexibility index (Phi) is 8.92. The van der Waals surface area contributed by atoms with E-state index in [4.69, 9.17) is 4.74 Å². The monoisotopic (exact) mass is 484 g/mol. The first-order chi connectivity index (χ1) is 15.4. The Hall–Kier alpha value is -2.14. The summed E-state index contributed by atoms with van der Waals surface area (Å²) in [5.41, 5.74) is 0. The average molecular weight is 485 g/mol. The number of nitrogens with zero attached hydrogens (tertiary/aromatic N) is 3. The molecule has 2 heterocycles. The molecule has 1 saturated heterocycles. The molecule has 1 aromatic carbocycles. The Bertz CT molecular complexity index is 1010. The van der Waals surface area contributed by atoms with E-state index in [1.165, 1.54) is 17.8 Å². The summed E-state index contributed by atoms with van der Waals surface area (Å²) in [7, 11) is -3.05. The number of carbonyl (C=O) groups excluding carboxylic acids is 1. The van der Waals surface area contributed by atoms with Crippen LogP contribution < -0.4 is 10.1 Å². The fraction of sp³-hybridized carbons (Fsp3) is 0.571. The number of unbranched alkanes of at least 4 members (excludes halogenated alkanes) is 3. The van der Waals surface area contributed by atoms with Gasteiger partial charge in [0.15, 0.2) is 32.4 Å². The maximum atomic E-state index is 13.9. The Morgan fingerprint density at radius 1 is 1.28 bits per heavy atom. The number of ether oxygens (including phenoxy) is 1. The molecule has 0 radical (unpaired) electrons. The third-order valence-electron chi connectivity index (χ3n) is 5.15. The summed E-state index contributed by atoms with van der Waals surface area (Å²) in [5.74, 6) is 0.251. The first-order valence-electron chi connectivity index (χ1n) is 10.8. The average Bonchev–Trinajstić information content (AvgIpc) is 3.30. The first-order valence-corrected chi connectivity index (χ1v) is 13.6. The number of para-hydroxylation sites is 1. The third-order valence-corrected chi connectivity index (χ3v) is 7.89. The topological polar surface area (TPSA) is 103 Å². The highest BCUT2D eigenvalue weighted by atomic mass is 32.2. The zero-order chi connectivity index (χ0) is 23.0. The van der Waals surface area contributed by atoms with Crippen LogP contribution in [0, 0.1) is 5.82 Å². The molecule has 1 aliphatic rings. The van der Waals surface area contributed by atoms with Gasteiger partial charge < -0.3 is 14.6 Å². The number of rotatable bonds is 12. The third kappa shape index (κ3) is 7.19. The minimum absolute atomic E-state index is 0.00541. The number of hydrogen-bond acceptors (Lipinski definition) is 7. The van der Waals surface area contributed by atoms with Crippen LogP contribution in [-0.4, -0.2) is 52.4 Å². The van der Waals surface area contributed by atoms with Crippen molar-refractivity contribution in [2.24, 2.45) is 0 Å². The molecule has 0 unspecified atom stereocenters. The molecule has 0 bridgehead atoms. The van der Waals surface area contributed by atoms with Gasteiger partial charge in [-0.05, 0) is 25.0 Å². The van der Waals surface area contributed by atoms with Gasteiger partial charge in [0.25, 0.3) is 0 Å². The highest BCUT2D eigenvalue weighted by Gasteiger charge is 2.29. The summed E-state index contributed by atoms with van der Waals surface area (Å²) in [6.07, 6.45) is 4.67. The van der Waals surface area contributed by atoms with E-state index in [9.17, 15) is 17.6 Å². The zero-order valence-corrected chi connectivity index (χ0v) is 19.8. The highest BCUT2D eigenvalue weighted by Crippen LogP contribution is 2.21. The maximum absolute atomic E-state index is 13.9. The van der Waals surface area contributed by atoms with Gasteiger partial charge in [-0.15, -0.1) is 10.2 Å². The molecule has 32 heavy (non-hydrogen) atoms. The molecule has 1 amide bonds. The molecule has 176 valence electrons. The number of benzene rings is 1. The smallest absolute Gasteiger partial charge is 0.230 e. The summed E-state index contributed by atoms with van der Waals surface area (Å²) in [6, 6.07) is 5.85. The molecular weight excluding hydrogens is 455 g/mol. The molecule has 1 aliphatic heterocycles. The molecule has 0 spiro atoms. The second-order valence-corrected chi connectivity index (χ2v) is 11.0. The van der Waals surface area contributed by atoms with Crippen molar-refractivity contribution in [3.63, 3.8) is 0 Å². The number of thioether (sulfide) groups is 1. The van der Waals surface area contributed by atoms with Gasteiger partial charge in [0.05, 0.1) is 17.3 Å². The van der Waals surface area contributed by atoms with Gasteiger partial charge in [0.2, 0.25) is 5.91 Å². The van der Waals surface area contributed by atoms with E-state index in [0.717, 1.165) is 25.7 Å². The minimum atomic E-state index is -3.05. The van der Waals surface area contributed by atoms with Crippen LogP contribution in [0.4, 0.5) is 4.39 Å². The lowest BCUT2D eigenvalue weighted by Crippen LogP contribution is -2.36. The van der Waals surface area contributed by atoms with Crippen molar-refractivity contribution in [3.8, 4) is 5.75 Å². The van der Waals surface area contributed by atoms with Gasteiger partial charge in [-0.2, -0.15) is 0 Å². The van der Waals surface area contributed by atoms with E-state index in [0.29, 0.717) is 23.9 Å².